The largest absolute Gasteiger partial charge is 0.393 e. The third kappa shape index (κ3) is 4.04. The van der Waals surface area contributed by atoms with Gasteiger partial charge < -0.3 is 5.11 Å². The third-order valence-corrected chi connectivity index (χ3v) is 2.20. The average Bonchev–Trinajstić information content (AvgIpc) is 2.19. The lowest BCUT2D eigenvalue weighted by molar-refractivity contribution is 0.158. The van der Waals surface area contributed by atoms with E-state index in [-0.39, 0.29) is 6.10 Å². The van der Waals surface area contributed by atoms with Crippen molar-refractivity contribution in [2.45, 2.75) is 38.7 Å². The highest BCUT2D eigenvalue weighted by Crippen LogP contribution is 2.06. The van der Waals surface area contributed by atoms with Gasteiger partial charge in [-0.1, -0.05) is 13.0 Å². The Labute approximate surface area is 79.6 Å². The van der Waals surface area contributed by atoms with Crippen LogP contribution in [-0.4, -0.2) is 16.2 Å². The van der Waals surface area contributed by atoms with Crippen LogP contribution in [0.25, 0.3) is 0 Å². The van der Waals surface area contributed by atoms with Gasteiger partial charge >= 0.3 is 0 Å². The van der Waals surface area contributed by atoms with Crippen LogP contribution in [0.2, 0.25) is 0 Å². The molecule has 2 heteroatoms. The Morgan fingerprint density at radius 2 is 2.38 bits per heavy atom. The topological polar surface area (TPSA) is 33.1 Å². The zero-order chi connectivity index (χ0) is 9.52. The summed E-state index contributed by atoms with van der Waals surface area (Å²) in [6.45, 7) is 2.01. The summed E-state index contributed by atoms with van der Waals surface area (Å²) in [6, 6.07) is 4.02. The van der Waals surface area contributed by atoms with E-state index in [1.165, 1.54) is 5.56 Å². The highest BCUT2D eigenvalue weighted by molar-refractivity contribution is 5.08. The lowest BCUT2D eigenvalue weighted by Gasteiger charge is -2.06. The Hall–Kier alpha value is -0.890. The average molecular weight is 179 g/mol. The van der Waals surface area contributed by atoms with Crippen molar-refractivity contribution in [2.24, 2.45) is 0 Å². The van der Waals surface area contributed by atoms with Crippen molar-refractivity contribution in [1.82, 2.24) is 4.98 Å². The minimum Gasteiger partial charge on any atom is -0.393 e. The Kier molecular flexibility index (Phi) is 4.47. The van der Waals surface area contributed by atoms with Gasteiger partial charge in [0.1, 0.15) is 0 Å². The molecule has 0 aromatic carbocycles. The van der Waals surface area contributed by atoms with Gasteiger partial charge in [0.25, 0.3) is 0 Å². The number of aromatic nitrogens is 1. The maximum atomic E-state index is 9.32. The quantitative estimate of drug-likeness (QED) is 0.751. The first kappa shape index (κ1) is 10.2. The number of rotatable bonds is 5. The number of aliphatic hydroxyl groups excluding tert-OH is 1. The van der Waals surface area contributed by atoms with Crippen molar-refractivity contribution in [1.29, 1.82) is 0 Å². The number of nitrogens with zero attached hydrogens (tertiary/aromatic N) is 1. The molecule has 0 saturated heterocycles. The summed E-state index contributed by atoms with van der Waals surface area (Å²) in [5.41, 5.74) is 1.26. The van der Waals surface area contributed by atoms with E-state index in [2.05, 4.69) is 11.1 Å². The third-order valence-electron chi connectivity index (χ3n) is 2.20. The van der Waals surface area contributed by atoms with E-state index in [0.29, 0.717) is 0 Å². The summed E-state index contributed by atoms with van der Waals surface area (Å²) in [4.78, 5) is 4.04. The monoisotopic (exact) mass is 179 g/mol. The summed E-state index contributed by atoms with van der Waals surface area (Å²) < 4.78 is 0. The minimum absolute atomic E-state index is 0.128. The number of aliphatic hydroxyl groups is 1. The molecule has 0 aliphatic heterocycles. The second-order valence-corrected chi connectivity index (χ2v) is 3.32. The SMILES string of the molecule is CCC(O)CCCc1cccnc1. The van der Waals surface area contributed by atoms with Crippen LogP contribution >= 0.6 is 0 Å². The predicted molar refractivity (Wildman–Crippen MR) is 53.5 cm³/mol. The summed E-state index contributed by atoms with van der Waals surface area (Å²) in [7, 11) is 0. The van der Waals surface area contributed by atoms with Gasteiger partial charge in [-0.3, -0.25) is 4.98 Å². The van der Waals surface area contributed by atoms with Crippen molar-refractivity contribution in [3.05, 3.63) is 30.1 Å². The van der Waals surface area contributed by atoms with E-state index in [4.69, 9.17) is 0 Å². The van der Waals surface area contributed by atoms with Crippen molar-refractivity contribution < 1.29 is 5.11 Å². The highest BCUT2D eigenvalue weighted by Gasteiger charge is 2.00. The molecule has 0 fully saturated rings. The second-order valence-electron chi connectivity index (χ2n) is 3.32. The fraction of sp³-hybridized carbons (Fsp3) is 0.545. The van der Waals surface area contributed by atoms with Gasteiger partial charge in [-0.2, -0.15) is 0 Å². The molecule has 1 aromatic heterocycles. The zero-order valence-electron chi connectivity index (χ0n) is 8.11. The predicted octanol–water partition coefficient (Wildman–Crippen LogP) is 2.18. The van der Waals surface area contributed by atoms with Gasteiger partial charge in [0, 0.05) is 12.4 Å². The van der Waals surface area contributed by atoms with E-state index in [1.807, 2.05) is 19.2 Å². The minimum atomic E-state index is -0.128. The van der Waals surface area contributed by atoms with Crippen LogP contribution in [0.4, 0.5) is 0 Å². The molecule has 0 spiro atoms. The second kappa shape index (κ2) is 5.70. The van der Waals surface area contributed by atoms with Crippen LogP contribution in [0.15, 0.2) is 24.5 Å². The van der Waals surface area contributed by atoms with Crippen molar-refractivity contribution in [3.63, 3.8) is 0 Å². The molecule has 72 valence electrons. The van der Waals surface area contributed by atoms with Crippen molar-refractivity contribution in [3.8, 4) is 0 Å². The first-order valence-electron chi connectivity index (χ1n) is 4.90. The molecule has 2 nitrogen and oxygen atoms in total. The van der Waals surface area contributed by atoms with Crippen LogP contribution in [0.5, 0.6) is 0 Å². The van der Waals surface area contributed by atoms with Gasteiger partial charge in [0.05, 0.1) is 6.10 Å². The highest BCUT2D eigenvalue weighted by atomic mass is 16.3. The fourth-order valence-electron chi connectivity index (χ4n) is 1.29. The first-order valence-corrected chi connectivity index (χ1v) is 4.90. The van der Waals surface area contributed by atoms with Crippen LogP contribution in [0, 0.1) is 0 Å². The lowest BCUT2D eigenvalue weighted by Crippen LogP contribution is -2.04. The molecule has 0 amide bonds. The molecular formula is C11H17NO. The molecule has 0 bridgehead atoms. The molecule has 0 radical (unpaired) electrons. The summed E-state index contributed by atoms with van der Waals surface area (Å²) in [6.07, 6.45) is 7.35. The molecule has 0 aliphatic carbocycles. The molecular weight excluding hydrogens is 162 g/mol. The van der Waals surface area contributed by atoms with Gasteiger partial charge in [0.2, 0.25) is 0 Å². The molecule has 13 heavy (non-hydrogen) atoms. The number of hydrogen-bond donors (Lipinski definition) is 1. The van der Waals surface area contributed by atoms with Crippen molar-refractivity contribution >= 4 is 0 Å². The fourth-order valence-corrected chi connectivity index (χ4v) is 1.29. The van der Waals surface area contributed by atoms with Gasteiger partial charge in [-0.05, 0) is 37.3 Å². The summed E-state index contributed by atoms with van der Waals surface area (Å²) in [5.74, 6) is 0. The molecule has 0 saturated carbocycles. The van der Waals surface area contributed by atoms with Crippen LogP contribution in [0.1, 0.15) is 31.7 Å². The van der Waals surface area contributed by atoms with Crippen molar-refractivity contribution in [2.75, 3.05) is 0 Å². The van der Waals surface area contributed by atoms with Gasteiger partial charge in [0.15, 0.2) is 0 Å². The normalized spacial score (nSPS) is 12.8. The maximum Gasteiger partial charge on any atom is 0.0537 e. The summed E-state index contributed by atoms with van der Waals surface area (Å²) >= 11 is 0. The van der Waals surface area contributed by atoms with E-state index in [0.717, 1.165) is 25.7 Å². The zero-order valence-corrected chi connectivity index (χ0v) is 8.11. The maximum absolute atomic E-state index is 9.32. The molecule has 1 rings (SSSR count). The molecule has 1 heterocycles. The number of hydrogen-bond acceptors (Lipinski definition) is 2. The van der Waals surface area contributed by atoms with Crippen LogP contribution in [0.3, 0.4) is 0 Å². The molecule has 0 aliphatic rings. The Morgan fingerprint density at radius 3 is 3.00 bits per heavy atom. The molecule has 1 atom stereocenters. The Bertz CT molecular complexity index is 223. The van der Waals surface area contributed by atoms with Gasteiger partial charge in [-0.15, -0.1) is 0 Å². The number of pyridine rings is 1. The van der Waals surface area contributed by atoms with Gasteiger partial charge in [-0.25, -0.2) is 0 Å². The van der Waals surface area contributed by atoms with E-state index >= 15 is 0 Å². The molecule has 1 unspecified atom stereocenters. The number of aryl methyl sites for hydroxylation is 1. The Morgan fingerprint density at radius 1 is 1.54 bits per heavy atom. The van der Waals surface area contributed by atoms with Crippen LogP contribution in [-0.2, 0) is 6.42 Å². The molecule has 1 aromatic rings. The van der Waals surface area contributed by atoms with E-state index in [9.17, 15) is 5.11 Å². The standard InChI is InChI=1S/C11H17NO/c1-2-11(13)7-3-5-10-6-4-8-12-9-10/h4,6,8-9,11,13H,2-3,5,7H2,1H3. The van der Waals surface area contributed by atoms with E-state index in [1.54, 1.807) is 6.20 Å². The Balaban J connectivity index is 2.20. The smallest absolute Gasteiger partial charge is 0.0537 e. The van der Waals surface area contributed by atoms with E-state index < -0.39 is 0 Å². The van der Waals surface area contributed by atoms with Crippen LogP contribution < -0.4 is 0 Å². The lowest BCUT2D eigenvalue weighted by atomic mass is 10.1. The first-order chi connectivity index (χ1) is 6.33. The molecule has 1 N–H and O–H groups in total. The summed E-state index contributed by atoms with van der Waals surface area (Å²) in [5, 5.41) is 9.32.